The predicted molar refractivity (Wildman–Crippen MR) is 75.2 cm³/mol. The second-order valence-corrected chi connectivity index (χ2v) is 5.03. The maximum atomic E-state index is 12.3. The van der Waals surface area contributed by atoms with Gasteiger partial charge in [0.1, 0.15) is 0 Å². The topological polar surface area (TPSA) is 84.3 Å². The summed E-state index contributed by atoms with van der Waals surface area (Å²) in [7, 11) is 0. The van der Waals surface area contributed by atoms with Gasteiger partial charge in [-0.05, 0) is 25.8 Å². The number of amides is 1. The Bertz CT molecular complexity index is 510. The molecule has 1 heterocycles. The van der Waals surface area contributed by atoms with Gasteiger partial charge in [-0.25, -0.2) is 0 Å². The highest BCUT2D eigenvalue weighted by molar-refractivity contribution is 5.86. The molecule has 1 saturated heterocycles. The van der Waals surface area contributed by atoms with Crippen molar-refractivity contribution in [1.29, 1.82) is 0 Å². The standard InChI is InChI=1S/C14H19N3O3/c1-2-14(8-5-9-16-14)13(18)15-10-11-6-3-4-7-12(11)17(19)20/h3-4,6-7,16H,2,5,8-10H2,1H3,(H,15,18). The van der Waals surface area contributed by atoms with Crippen LogP contribution in [0.5, 0.6) is 0 Å². The molecule has 1 aromatic carbocycles. The van der Waals surface area contributed by atoms with E-state index in [9.17, 15) is 14.9 Å². The van der Waals surface area contributed by atoms with E-state index in [0.717, 1.165) is 25.8 Å². The van der Waals surface area contributed by atoms with Gasteiger partial charge in [0, 0.05) is 18.2 Å². The lowest BCUT2D eigenvalue weighted by molar-refractivity contribution is -0.385. The van der Waals surface area contributed by atoms with Crippen molar-refractivity contribution >= 4 is 11.6 Å². The van der Waals surface area contributed by atoms with E-state index < -0.39 is 10.5 Å². The highest BCUT2D eigenvalue weighted by atomic mass is 16.6. The molecule has 0 saturated carbocycles. The molecule has 0 radical (unpaired) electrons. The Morgan fingerprint density at radius 1 is 1.50 bits per heavy atom. The van der Waals surface area contributed by atoms with Crippen molar-refractivity contribution in [2.24, 2.45) is 0 Å². The minimum Gasteiger partial charge on any atom is -0.350 e. The molecule has 2 N–H and O–H groups in total. The molecule has 0 bridgehead atoms. The lowest BCUT2D eigenvalue weighted by Crippen LogP contribution is -2.52. The Balaban J connectivity index is 2.05. The van der Waals surface area contributed by atoms with Gasteiger partial charge >= 0.3 is 0 Å². The molecule has 1 aliphatic heterocycles. The van der Waals surface area contributed by atoms with Crippen LogP contribution in [0.1, 0.15) is 31.7 Å². The van der Waals surface area contributed by atoms with Crippen molar-refractivity contribution in [3.63, 3.8) is 0 Å². The van der Waals surface area contributed by atoms with Gasteiger partial charge in [-0.2, -0.15) is 0 Å². The van der Waals surface area contributed by atoms with Gasteiger partial charge in [-0.1, -0.05) is 25.1 Å². The second-order valence-electron chi connectivity index (χ2n) is 5.03. The minimum atomic E-state index is -0.510. The Hall–Kier alpha value is -1.95. The number of para-hydroxylation sites is 1. The smallest absolute Gasteiger partial charge is 0.274 e. The van der Waals surface area contributed by atoms with Crippen molar-refractivity contribution in [3.05, 3.63) is 39.9 Å². The van der Waals surface area contributed by atoms with E-state index in [-0.39, 0.29) is 18.1 Å². The third kappa shape index (κ3) is 2.80. The summed E-state index contributed by atoms with van der Waals surface area (Å²) in [5.74, 6) is -0.0735. The number of benzene rings is 1. The van der Waals surface area contributed by atoms with E-state index in [0.29, 0.717) is 5.56 Å². The molecule has 1 unspecified atom stereocenters. The van der Waals surface area contributed by atoms with Crippen molar-refractivity contribution in [1.82, 2.24) is 10.6 Å². The zero-order chi connectivity index (χ0) is 14.6. The van der Waals surface area contributed by atoms with Crippen LogP contribution in [0.4, 0.5) is 5.69 Å². The number of nitrogens with zero attached hydrogens (tertiary/aromatic N) is 1. The first kappa shape index (κ1) is 14.5. The molecule has 1 fully saturated rings. The van der Waals surface area contributed by atoms with Gasteiger partial charge in [0.05, 0.1) is 10.5 Å². The first-order valence-corrected chi connectivity index (χ1v) is 6.85. The van der Waals surface area contributed by atoms with E-state index >= 15 is 0 Å². The van der Waals surface area contributed by atoms with Crippen molar-refractivity contribution in [2.45, 2.75) is 38.3 Å². The highest BCUT2D eigenvalue weighted by Gasteiger charge is 2.38. The maximum Gasteiger partial charge on any atom is 0.274 e. The van der Waals surface area contributed by atoms with Crippen molar-refractivity contribution in [2.75, 3.05) is 6.54 Å². The third-order valence-corrected chi connectivity index (χ3v) is 3.91. The summed E-state index contributed by atoms with van der Waals surface area (Å²) in [5.41, 5.74) is 0.0524. The lowest BCUT2D eigenvalue weighted by atomic mass is 9.93. The van der Waals surface area contributed by atoms with Crippen LogP contribution in [-0.4, -0.2) is 22.9 Å². The van der Waals surface area contributed by atoms with Crippen LogP contribution < -0.4 is 10.6 Å². The fourth-order valence-corrected chi connectivity index (χ4v) is 2.65. The van der Waals surface area contributed by atoms with Crippen LogP contribution >= 0.6 is 0 Å². The van der Waals surface area contributed by atoms with E-state index in [2.05, 4.69) is 10.6 Å². The molecular weight excluding hydrogens is 258 g/mol. The summed E-state index contributed by atoms with van der Waals surface area (Å²) < 4.78 is 0. The van der Waals surface area contributed by atoms with Crippen LogP contribution in [0, 0.1) is 10.1 Å². The average molecular weight is 277 g/mol. The van der Waals surface area contributed by atoms with Gasteiger partial charge in [-0.15, -0.1) is 0 Å². The third-order valence-electron chi connectivity index (χ3n) is 3.91. The molecule has 108 valence electrons. The predicted octanol–water partition coefficient (Wildman–Crippen LogP) is 1.74. The largest absolute Gasteiger partial charge is 0.350 e. The number of carbonyl (C=O) groups excluding carboxylic acids is 1. The van der Waals surface area contributed by atoms with E-state index in [1.54, 1.807) is 18.2 Å². The molecule has 0 aliphatic carbocycles. The summed E-state index contributed by atoms with van der Waals surface area (Å²) in [6, 6.07) is 6.47. The molecule has 6 nitrogen and oxygen atoms in total. The van der Waals surface area contributed by atoms with Crippen LogP contribution in [-0.2, 0) is 11.3 Å². The molecule has 0 aromatic heterocycles. The summed E-state index contributed by atoms with van der Waals surface area (Å²) >= 11 is 0. The number of carbonyl (C=O) groups is 1. The Morgan fingerprint density at radius 3 is 2.85 bits per heavy atom. The van der Waals surface area contributed by atoms with Crippen LogP contribution in [0.15, 0.2) is 24.3 Å². The summed E-state index contributed by atoms with van der Waals surface area (Å²) in [5, 5.41) is 17.0. The van der Waals surface area contributed by atoms with Gasteiger partial charge in [0.25, 0.3) is 5.69 Å². The normalized spacial score (nSPS) is 21.6. The quantitative estimate of drug-likeness (QED) is 0.634. The van der Waals surface area contributed by atoms with Crippen LogP contribution in [0.3, 0.4) is 0 Å². The van der Waals surface area contributed by atoms with Crippen LogP contribution in [0.25, 0.3) is 0 Å². The number of nitrogens with one attached hydrogen (secondary N) is 2. The zero-order valence-corrected chi connectivity index (χ0v) is 11.5. The molecule has 1 aliphatic rings. The maximum absolute atomic E-state index is 12.3. The molecule has 6 heteroatoms. The zero-order valence-electron chi connectivity index (χ0n) is 11.5. The van der Waals surface area contributed by atoms with Crippen molar-refractivity contribution < 1.29 is 9.72 Å². The second kappa shape index (κ2) is 6.00. The summed E-state index contributed by atoms with van der Waals surface area (Å²) in [4.78, 5) is 22.8. The molecule has 20 heavy (non-hydrogen) atoms. The van der Waals surface area contributed by atoms with E-state index in [1.165, 1.54) is 6.07 Å². The first-order chi connectivity index (χ1) is 9.59. The summed E-state index contributed by atoms with van der Waals surface area (Å²) in [6.45, 7) is 3.00. The first-order valence-electron chi connectivity index (χ1n) is 6.85. The molecule has 2 rings (SSSR count). The average Bonchev–Trinajstić information content (AvgIpc) is 2.95. The molecule has 1 amide bonds. The van der Waals surface area contributed by atoms with Gasteiger partial charge in [0.15, 0.2) is 0 Å². The van der Waals surface area contributed by atoms with Crippen LogP contribution in [0.2, 0.25) is 0 Å². The number of hydrogen-bond acceptors (Lipinski definition) is 4. The SMILES string of the molecule is CCC1(C(=O)NCc2ccccc2[N+](=O)[O-])CCCN1. The van der Waals surface area contributed by atoms with Gasteiger partial charge in [0.2, 0.25) is 5.91 Å². The Morgan fingerprint density at radius 2 is 2.25 bits per heavy atom. The van der Waals surface area contributed by atoms with Gasteiger partial charge in [-0.3, -0.25) is 14.9 Å². The van der Waals surface area contributed by atoms with Crippen molar-refractivity contribution in [3.8, 4) is 0 Å². The monoisotopic (exact) mass is 277 g/mol. The Labute approximate surface area is 117 Å². The van der Waals surface area contributed by atoms with E-state index in [4.69, 9.17) is 0 Å². The summed E-state index contributed by atoms with van der Waals surface area (Å²) in [6.07, 6.45) is 2.51. The molecule has 1 atom stereocenters. The molecule has 1 aromatic rings. The number of rotatable bonds is 5. The van der Waals surface area contributed by atoms with Gasteiger partial charge < -0.3 is 10.6 Å². The Kier molecular flexibility index (Phi) is 4.34. The minimum absolute atomic E-state index is 0.0396. The number of hydrogen-bond donors (Lipinski definition) is 2. The molecular formula is C14H19N3O3. The fraction of sp³-hybridized carbons (Fsp3) is 0.500. The number of nitro groups is 1. The van der Waals surface area contributed by atoms with E-state index in [1.807, 2.05) is 6.92 Å². The molecule has 0 spiro atoms. The fourth-order valence-electron chi connectivity index (χ4n) is 2.65. The lowest BCUT2D eigenvalue weighted by Gasteiger charge is -2.26. The highest BCUT2D eigenvalue weighted by Crippen LogP contribution is 2.24. The number of nitro benzene ring substituents is 1.